The molecular weight excluding hydrogens is 284 g/mol. The van der Waals surface area contributed by atoms with Crippen molar-refractivity contribution >= 4 is 23.2 Å². The molecule has 0 unspecified atom stereocenters. The van der Waals surface area contributed by atoms with Crippen molar-refractivity contribution < 1.29 is 9.59 Å². The van der Waals surface area contributed by atoms with Crippen molar-refractivity contribution in [3.63, 3.8) is 0 Å². The largest absolute Gasteiger partial charge is 0.323 e. The van der Waals surface area contributed by atoms with Crippen LogP contribution in [-0.4, -0.2) is 31.4 Å². The van der Waals surface area contributed by atoms with Gasteiger partial charge in [0, 0.05) is 20.0 Å². The van der Waals surface area contributed by atoms with Crippen molar-refractivity contribution in [2.45, 2.75) is 33.7 Å². The molecule has 2 heterocycles. The van der Waals surface area contributed by atoms with E-state index in [4.69, 9.17) is 0 Å². The van der Waals surface area contributed by atoms with Crippen LogP contribution in [0.4, 0.5) is 11.4 Å². The van der Waals surface area contributed by atoms with Crippen LogP contribution in [0, 0.1) is 6.92 Å². The van der Waals surface area contributed by atoms with E-state index in [0.717, 1.165) is 5.69 Å². The summed E-state index contributed by atoms with van der Waals surface area (Å²) in [6.45, 7) is 6.01. The van der Waals surface area contributed by atoms with Gasteiger partial charge in [0.2, 0.25) is 5.91 Å². The minimum absolute atomic E-state index is 0.165. The van der Waals surface area contributed by atoms with Crippen LogP contribution in [0.15, 0.2) is 12.4 Å². The highest BCUT2D eigenvalue weighted by atomic mass is 16.2. The van der Waals surface area contributed by atoms with Gasteiger partial charge in [0.05, 0.1) is 29.5 Å². The molecule has 0 radical (unpaired) electrons. The lowest BCUT2D eigenvalue weighted by molar-refractivity contribution is -0.115. The Balaban J connectivity index is 2.29. The highest BCUT2D eigenvalue weighted by Gasteiger charge is 2.20. The van der Waals surface area contributed by atoms with Gasteiger partial charge in [-0.15, -0.1) is 0 Å². The first kappa shape index (κ1) is 15.7. The van der Waals surface area contributed by atoms with Gasteiger partial charge in [0.1, 0.15) is 5.69 Å². The third-order valence-electron chi connectivity index (χ3n) is 3.43. The van der Waals surface area contributed by atoms with Gasteiger partial charge < -0.3 is 10.6 Å². The molecule has 2 N–H and O–H groups in total. The molecule has 0 saturated carbocycles. The summed E-state index contributed by atoms with van der Waals surface area (Å²) in [6.07, 6.45) is 3.41. The summed E-state index contributed by atoms with van der Waals surface area (Å²) in [5.41, 5.74) is 2.21. The van der Waals surface area contributed by atoms with E-state index in [1.54, 1.807) is 29.5 Å². The highest BCUT2D eigenvalue weighted by molar-refractivity contribution is 6.09. The average Bonchev–Trinajstić information content (AvgIpc) is 3.05. The zero-order chi connectivity index (χ0) is 16.3. The van der Waals surface area contributed by atoms with Gasteiger partial charge in [0.25, 0.3) is 5.91 Å². The molecule has 2 rings (SSSR count). The van der Waals surface area contributed by atoms with Gasteiger partial charge >= 0.3 is 0 Å². The van der Waals surface area contributed by atoms with Gasteiger partial charge in [-0.1, -0.05) is 6.92 Å². The maximum Gasteiger partial charge on any atom is 0.276 e. The number of hydrogen-bond donors (Lipinski definition) is 2. The van der Waals surface area contributed by atoms with Gasteiger partial charge in [-0.2, -0.15) is 10.2 Å². The molecule has 0 spiro atoms. The van der Waals surface area contributed by atoms with Crippen LogP contribution in [0.5, 0.6) is 0 Å². The number of nitrogens with zero attached hydrogens (tertiary/aromatic N) is 4. The minimum atomic E-state index is -0.332. The smallest absolute Gasteiger partial charge is 0.276 e. The van der Waals surface area contributed by atoms with Gasteiger partial charge in [-0.3, -0.25) is 19.0 Å². The fraction of sp³-hybridized carbons (Fsp3) is 0.429. The normalized spacial score (nSPS) is 10.5. The third-order valence-corrected chi connectivity index (χ3v) is 3.43. The van der Waals surface area contributed by atoms with Crippen molar-refractivity contribution in [2.75, 3.05) is 10.6 Å². The molecule has 8 heteroatoms. The zero-order valence-corrected chi connectivity index (χ0v) is 13.2. The second-order valence-electron chi connectivity index (χ2n) is 4.85. The Morgan fingerprint density at radius 1 is 1.14 bits per heavy atom. The second kappa shape index (κ2) is 6.42. The highest BCUT2D eigenvalue weighted by Crippen LogP contribution is 2.19. The fourth-order valence-electron chi connectivity index (χ4n) is 2.00. The van der Waals surface area contributed by atoms with Crippen LogP contribution in [0.25, 0.3) is 0 Å². The number of amides is 2. The van der Waals surface area contributed by atoms with Crippen LogP contribution in [0.1, 0.15) is 36.5 Å². The van der Waals surface area contributed by atoms with E-state index < -0.39 is 0 Å². The van der Waals surface area contributed by atoms with E-state index in [1.807, 2.05) is 13.8 Å². The molecule has 0 aliphatic heterocycles. The maximum absolute atomic E-state index is 12.5. The molecule has 0 bridgehead atoms. The standard InChI is InChI=1S/C14H20N6O2/c1-5-12(21)17-11-8-16-20(6-2)13(11)14(22)18-10-7-15-19(4)9(10)3/h7-8H,5-6H2,1-4H3,(H,17,21)(H,18,22). The van der Waals surface area contributed by atoms with Crippen LogP contribution in [0.3, 0.4) is 0 Å². The van der Waals surface area contributed by atoms with Crippen molar-refractivity contribution in [3.8, 4) is 0 Å². The molecular formula is C14H20N6O2. The van der Waals surface area contributed by atoms with Crippen molar-refractivity contribution in [3.05, 3.63) is 23.8 Å². The lowest BCUT2D eigenvalue weighted by Crippen LogP contribution is -2.21. The Morgan fingerprint density at radius 2 is 1.82 bits per heavy atom. The van der Waals surface area contributed by atoms with E-state index in [-0.39, 0.29) is 11.8 Å². The number of aryl methyl sites for hydroxylation is 2. The summed E-state index contributed by atoms with van der Waals surface area (Å²) in [6, 6.07) is 0. The Bertz CT molecular complexity index is 700. The first-order chi connectivity index (χ1) is 10.5. The first-order valence-corrected chi connectivity index (χ1v) is 7.13. The Labute approximate surface area is 128 Å². The van der Waals surface area contributed by atoms with E-state index in [2.05, 4.69) is 20.8 Å². The summed E-state index contributed by atoms with van der Waals surface area (Å²) in [4.78, 5) is 24.1. The molecule has 0 aromatic carbocycles. The number of carbonyl (C=O) groups excluding carboxylic acids is 2. The summed E-state index contributed by atoms with van der Waals surface area (Å²) in [5, 5.41) is 13.7. The van der Waals surface area contributed by atoms with Crippen molar-refractivity contribution in [2.24, 2.45) is 7.05 Å². The molecule has 22 heavy (non-hydrogen) atoms. The quantitative estimate of drug-likeness (QED) is 0.876. The summed E-state index contributed by atoms with van der Waals surface area (Å²) in [7, 11) is 1.80. The molecule has 0 saturated heterocycles. The topological polar surface area (TPSA) is 93.8 Å². The summed E-state index contributed by atoms with van der Waals surface area (Å²) >= 11 is 0. The molecule has 2 aromatic heterocycles. The average molecular weight is 304 g/mol. The van der Waals surface area contributed by atoms with Crippen LogP contribution in [-0.2, 0) is 18.4 Å². The van der Waals surface area contributed by atoms with Crippen molar-refractivity contribution in [1.82, 2.24) is 19.6 Å². The predicted molar refractivity (Wildman–Crippen MR) is 82.7 cm³/mol. The molecule has 0 aliphatic rings. The number of aromatic nitrogens is 4. The molecule has 2 amide bonds. The second-order valence-corrected chi connectivity index (χ2v) is 4.85. The Kier molecular flexibility index (Phi) is 4.59. The molecule has 118 valence electrons. The predicted octanol–water partition coefficient (Wildman–Crippen LogP) is 1.55. The molecule has 0 fully saturated rings. The van der Waals surface area contributed by atoms with Gasteiger partial charge in [0.15, 0.2) is 0 Å². The van der Waals surface area contributed by atoms with E-state index >= 15 is 0 Å². The van der Waals surface area contributed by atoms with E-state index in [0.29, 0.717) is 30.0 Å². The van der Waals surface area contributed by atoms with Crippen LogP contribution in [0.2, 0.25) is 0 Å². The number of carbonyl (C=O) groups is 2. The lowest BCUT2D eigenvalue weighted by Gasteiger charge is -2.09. The zero-order valence-electron chi connectivity index (χ0n) is 13.2. The lowest BCUT2D eigenvalue weighted by atomic mass is 10.3. The Hall–Kier alpha value is -2.64. The molecule has 2 aromatic rings. The third kappa shape index (κ3) is 3.00. The Morgan fingerprint density at radius 3 is 2.36 bits per heavy atom. The number of rotatable bonds is 5. The minimum Gasteiger partial charge on any atom is -0.323 e. The maximum atomic E-state index is 12.5. The first-order valence-electron chi connectivity index (χ1n) is 7.13. The number of anilines is 2. The van der Waals surface area contributed by atoms with Crippen molar-refractivity contribution in [1.29, 1.82) is 0 Å². The molecule has 8 nitrogen and oxygen atoms in total. The summed E-state index contributed by atoms with van der Waals surface area (Å²) < 4.78 is 3.22. The number of nitrogens with one attached hydrogen (secondary N) is 2. The van der Waals surface area contributed by atoms with Crippen LogP contribution >= 0.6 is 0 Å². The van der Waals surface area contributed by atoms with E-state index in [9.17, 15) is 9.59 Å². The SMILES string of the molecule is CCC(=O)Nc1cnn(CC)c1C(=O)Nc1cnn(C)c1C. The fourth-order valence-corrected chi connectivity index (χ4v) is 2.00. The summed E-state index contributed by atoms with van der Waals surface area (Å²) in [5.74, 6) is -0.496. The molecule has 0 atom stereocenters. The van der Waals surface area contributed by atoms with Crippen LogP contribution < -0.4 is 10.6 Å². The number of hydrogen-bond acceptors (Lipinski definition) is 4. The molecule has 0 aliphatic carbocycles. The van der Waals surface area contributed by atoms with Gasteiger partial charge in [-0.25, -0.2) is 0 Å². The van der Waals surface area contributed by atoms with E-state index in [1.165, 1.54) is 6.20 Å². The van der Waals surface area contributed by atoms with Gasteiger partial charge in [-0.05, 0) is 13.8 Å². The monoisotopic (exact) mass is 304 g/mol.